The molecular formula is C17H14BrN3OS2. The van der Waals surface area contributed by atoms with Gasteiger partial charge in [-0.15, -0.1) is 0 Å². The van der Waals surface area contributed by atoms with Crippen molar-refractivity contribution in [2.45, 2.75) is 12.3 Å². The highest BCUT2D eigenvalue weighted by atomic mass is 79.9. The van der Waals surface area contributed by atoms with E-state index in [1.54, 1.807) is 6.07 Å². The zero-order valence-electron chi connectivity index (χ0n) is 12.6. The molecule has 0 spiro atoms. The molecular weight excluding hydrogens is 406 g/mol. The molecule has 3 aromatic rings. The van der Waals surface area contributed by atoms with Crippen molar-refractivity contribution in [3.8, 4) is 0 Å². The van der Waals surface area contributed by atoms with Gasteiger partial charge in [0.25, 0.3) is 5.56 Å². The lowest BCUT2D eigenvalue weighted by atomic mass is 10.2. The number of aromatic nitrogens is 2. The number of nitrogens with zero attached hydrogens (tertiary/aromatic N) is 1. The number of benzene rings is 2. The average Bonchev–Trinajstić information content (AvgIpc) is 2.59. The van der Waals surface area contributed by atoms with Crippen LogP contribution in [0.1, 0.15) is 11.4 Å². The van der Waals surface area contributed by atoms with E-state index in [0.29, 0.717) is 33.3 Å². The van der Waals surface area contributed by atoms with Crippen LogP contribution in [0.5, 0.6) is 0 Å². The normalized spacial score (nSPS) is 10.7. The fourth-order valence-corrected chi connectivity index (χ4v) is 3.26. The Labute approximate surface area is 157 Å². The van der Waals surface area contributed by atoms with Gasteiger partial charge in [0.2, 0.25) is 0 Å². The van der Waals surface area contributed by atoms with E-state index in [9.17, 15) is 4.79 Å². The number of rotatable bonds is 4. The molecule has 2 N–H and O–H groups in total. The first-order valence-corrected chi connectivity index (χ1v) is 9.43. The molecule has 0 aliphatic heterocycles. The second-order valence-corrected chi connectivity index (χ2v) is 7.65. The van der Waals surface area contributed by atoms with Gasteiger partial charge < -0.3 is 10.3 Å². The molecule has 3 rings (SSSR count). The smallest absolute Gasteiger partial charge is 0.258 e. The van der Waals surface area contributed by atoms with Gasteiger partial charge in [0, 0.05) is 11.0 Å². The largest absolute Gasteiger partial charge is 0.367 e. The minimum Gasteiger partial charge on any atom is -0.367 e. The van der Waals surface area contributed by atoms with Crippen LogP contribution in [0.3, 0.4) is 0 Å². The van der Waals surface area contributed by atoms with E-state index in [1.807, 2.05) is 42.5 Å². The van der Waals surface area contributed by atoms with Crippen molar-refractivity contribution in [2.24, 2.45) is 0 Å². The second-order valence-electron chi connectivity index (χ2n) is 5.09. The van der Waals surface area contributed by atoms with Crippen molar-refractivity contribution in [1.29, 1.82) is 0 Å². The minimum absolute atomic E-state index is 0.120. The Bertz CT molecular complexity index is 925. The molecule has 122 valence electrons. The Balaban J connectivity index is 1.58. The lowest BCUT2D eigenvalue weighted by Gasteiger charge is -2.08. The summed E-state index contributed by atoms with van der Waals surface area (Å²) in [5.74, 6) is 1.14. The van der Waals surface area contributed by atoms with Gasteiger partial charge in [0.1, 0.15) is 10.1 Å². The molecule has 24 heavy (non-hydrogen) atoms. The quantitative estimate of drug-likeness (QED) is 0.625. The van der Waals surface area contributed by atoms with E-state index >= 15 is 0 Å². The minimum atomic E-state index is -0.120. The van der Waals surface area contributed by atoms with Crippen LogP contribution in [0.2, 0.25) is 0 Å². The van der Waals surface area contributed by atoms with Crippen molar-refractivity contribution in [2.75, 3.05) is 0 Å². The summed E-state index contributed by atoms with van der Waals surface area (Å²) < 4.78 is 1.73. The fraction of sp³-hybridized carbons (Fsp3) is 0.118. The van der Waals surface area contributed by atoms with E-state index in [2.05, 4.69) is 31.2 Å². The van der Waals surface area contributed by atoms with Crippen molar-refractivity contribution in [1.82, 2.24) is 15.3 Å². The van der Waals surface area contributed by atoms with Crippen LogP contribution >= 0.6 is 39.9 Å². The monoisotopic (exact) mass is 419 g/mol. The molecule has 0 bridgehead atoms. The van der Waals surface area contributed by atoms with Gasteiger partial charge in [-0.05, 0) is 29.8 Å². The molecule has 0 saturated carbocycles. The molecule has 1 aromatic heterocycles. The highest BCUT2D eigenvalue weighted by Gasteiger charge is 2.05. The lowest BCUT2D eigenvalue weighted by Crippen LogP contribution is -2.18. The molecule has 0 atom stereocenters. The van der Waals surface area contributed by atoms with Crippen LogP contribution in [0.4, 0.5) is 0 Å². The molecule has 0 aliphatic rings. The third-order valence-corrected chi connectivity index (χ3v) is 5.20. The summed E-state index contributed by atoms with van der Waals surface area (Å²) in [5, 5.41) is 3.80. The van der Waals surface area contributed by atoms with E-state index in [0.717, 1.165) is 10.0 Å². The van der Waals surface area contributed by atoms with Gasteiger partial charge >= 0.3 is 0 Å². The van der Waals surface area contributed by atoms with Gasteiger partial charge in [0.05, 0.1) is 16.7 Å². The summed E-state index contributed by atoms with van der Waals surface area (Å²) in [6.07, 6.45) is 0. The fourth-order valence-electron chi connectivity index (χ4n) is 2.16. The van der Waals surface area contributed by atoms with E-state index in [1.165, 1.54) is 11.8 Å². The van der Waals surface area contributed by atoms with Gasteiger partial charge in [0.15, 0.2) is 0 Å². The first-order chi connectivity index (χ1) is 11.6. The summed E-state index contributed by atoms with van der Waals surface area (Å²) in [7, 11) is 0. The van der Waals surface area contributed by atoms with Crippen LogP contribution in [-0.2, 0) is 12.3 Å². The predicted octanol–water partition coefficient (Wildman–Crippen LogP) is 3.99. The average molecular weight is 420 g/mol. The number of para-hydroxylation sites is 1. The van der Waals surface area contributed by atoms with Crippen molar-refractivity contribution in [3.05, 3.63) is 74.7 Å². The van der Waals surface area contributed by atoms with Crippen LogP contribution < -0.4 is 10.9 Å². The third-order valence-electron chi connectivity index (χ3n) is 3.35. The SMILES string of the molecule is O=c1[nH]c(CSC(=S)NCc2ccc(Br)cc2)nc2ccccc12. The van der Waals surface area contributed by atoms with Crippen LogP contribution in [0.25, 0.3) is 10.9 Å². The van der Waals surface area contributed by atoms with E-state index in [4.69, 9.17) is 12.2 Å². The van der Waals surface area contributed by atoms with Gasteiger partial charge in [-0.2, -0.15) is 0 Å². The van der Waals surface area contributed by atoms with Crippen molar-refractivity contribution >= 4 is 55.1 Å². The summed E-state index contributed by atoms with van der Waals surface area (Å²) >= 11 is 10.2. The molecule has 0 fully saturated rings. The summed E-state index contributed by atoms with van der Waals surface area (Å²) in [4.78, 5) is 19.3. The maximum Gasteiger partial charge on any atom is 0.258 e. The number of thiocarbonyl (C=S) groups is 1. The number of hydrogen-bond donors (Lipinski definition) is 2. The molecule has 0 aliphatic carbocycles. The summed E-state index contributed by atoms with van der Waals surface area (Å²) in [6.45, 7) is 0.667. The molecule has 1 heterocycles. The summed E-state index contributed by atoms with van der Waals surface area (Å²) in [6, 6.07) is 15.4. The molecule has 7 heteroatoms. The van der Waals surface area contributed by atoms with Crippen LogP contribution in [0, 0.1) is 0 Å². The number of H-pyrrole nitrogens is 1. The van der Waals surface area contributed by atoms with Crippen molar-refractivity contribution < 1.29 is 0 Å². The van der Waals surface area contributed by atoms with Crippen molar-refractivity contribution in [3.63, 3.8) is 0 Å². The number of halogens is 1. The molecule has 4 nitrogen and oxygen atoms in total. The Morgan fingerprint density at radius 2 is 1.96 bits per heavy atom. The Morgan fingerprint density at radius 1 is 1.21 bits per heavy atom. The van der Waals surface area contributed by atoms with Gasteiger partial charge in [-0.1, -0.05) is 64.2 Å². The van der Waals surface area contributed by atoms with E-state index in [-0.39, 0.29) is 5.56 Å². The highest BCUT2D eigenvalue weighted by molar-refractivity contribution is 9.10. The zero-order chi connectivity index (χ0) is 16.9. The van der Waals surface area contributed by atoms with Gasteiger partial charge in [-0.25, -0.2) is 4.98 Å². The maximum absolute atomic E-state index is 12.0. The molecule has 0 unspecified atom stereocenters. The number of fused-ring (bicyclic) bond motifs is 1. The van der Waals surface area contributed by atoms with Crippen LogP contribution in [-0.4, -0.2) is 14.3 Å². The molecule has 2 aromatic carbocycles. The Morgan fingerprint density at radius 3 is 2.75 bits per heavy atom. The van der Waals surface area contributed by atoms with E-state index < -0.39 is 0 Å². The topological polar surface area (TPSA) is 57.8 Å². The number of thioether (sulfide) groups is 1. The predicted molar refractivity (Wildman–Crippen MR) is 107 cm³/mol. The standard InChI is InChI=1S/C17H14BrN3OS2/c18-12-7-5-11(6-8-12)9-19-17(23)24-10-15-20-14-4-2-1-3-13(14)16(22)21-15/h1-8H,9-10H2,(H,19,23)(H,20,21,22). The number of hydrogen-bond acceptors (Lipinski definition) is 4. The molecule has 0 saturated heterocycles. The highest BCUT2D eigenvalue weighted by Crippen LogP contribution is 2.13. The maximum atomic E-state index is 12.0. The lowest BCUT2D eigenvalue weighted by molar-refractivity contribution is 0.938. The molecule has 0 amide bonds. The second kappa shape index (κ2) is 7.92. The Hall–Kier alpha value is -1.70. The van der Waals surface area contributed by atoms with Gasteiger partial charge in [-0.3, -0.25) is 4.79 Å². The number of nitrogens with one attached hydrogen (secondary N) is 2. The molecule has 0 radical (unpaired) electrons. The number of aromatic amines is 1. The Kier molecular flexibility index (Phi) is 5.65. The first-order valence-electron chi connectivity index (χ1n) is 7.25. The summed E-state index contributed by atoms with van der Waals surface area (Å²) in [5.41, 5.74) is 1.73. The zero-order valence-corrected chi connectivity index (χ0v) is 15.8. The van der Waals surface area contributed by atoms with Crippen LogP contribution in [0.15, 0.2) is 57.8 Å². The first kappa shape index (κ1) is 17.1. The third kappa shape index (κ3) is 4.43.